The van der Waals surface area contributed by atoms with Gasteiger partial charge in [-0.1, -0.05) is 13.0 Å². The summed E-state index contributed by atoms with van der Waals surface area (Å²) in [5.41, 5.74) is 5.24. The van der Waals surface area contributed by atoms with E-state index in [1.807, 2.05) is 13.8 Å². The number of anilines is 1. The SMILES string of the molecule is CCC(C)Nc1ccc(CN)c(C(F)(F)F)c1. The molecule has 3 N–H and O–H groups in total. The van der Waals surface area contributed by atoms with Gasteiger partial charge in [0.15, 0.2) is 0 Å². The maximum absolute atomic E-state index is 12.8. The molecule has 5 heteroatoms. The smallest absolute Gasteiger partial charge is 0.383 e. The van der Waals surface area contributed by atoms with Crippen molar-refractivity contribution in [1.29, 1.82) is 0 Å². The Morgan fingerprint density at radius 3 is 2.47 bits per heavy atom. The first-order valence-corrected chi connectivity index (χ1v) is 5.55. The molecule has 1 unspecified atom stereocenters. The monoisotopic (exact) mass is 246 g/mol. The molecule has 0 aromatic heterocycles. The highest BCUT2D eigenvalue weighted by Gasteiger charge is 2.33. The van der Waals surface area contributed by atoms with E-state index in [0.717, 1.165) is 12.5 Å². The van der Waals surface area contributed by atoms with E-state index < -0.39 is 11.7 Å². The van der Waals surface area contributed by atoms with Crippen molar-refractivity contribution in [3.63, 3.8) is 0 Å². The fourth-order valence-corrected chi connectivity index (χ4v) is 1.49. The van der Waals surface area contributed by atoms with Crippen LogP contribution in [-0.2, 0) is 12.7 Å². The van der Waals surface area contributed by atoms with Crippen molar-refractivity contribution in [2.45, 2.75) is 39.0 Å². The van der Waals surface area contributed by atoms with E-state index >= 15 is 0 Å². The Morgan fingerprint density at radius 2 is 2.00 bits per heavy atom. The lowest BCUT2D eigenvalue weighted by Gasteiger charge is -2.17. The van der Waals surface area contributed by atoms with Crippen LogP contribution in [0.2, 0.25) is 0 Å². The standard InChI is InChI=1S/C12H17F3N2/c1-3-8(2)17-10-5-4-9(7-16)11(6-10)12(13,14)15/h4-6,8,17H,3,7,16H2,1-2H3. The number of rotatable bonds is 4. The Labute approximate surface area is 99.0 Å². The molecule has 0 aliphatic heterocycles. The van der Waals surface area contributed by atoms with Crippen LogP contribution in [0.5, 0.6) is 0 Å². The molecule has 0 spiro atoms. The molecule has 0 saturated carbocycles. The molecule has 17 heavy (non-hydrogen) atoms. The van der Waals surface area contributed by atoms with Crippen LogP contribution in [-0.4, -0.2) is 6.04 Å². The molecule has 96 valence electrons. The van der Waals surface area contributed by atoms with Gasteiger partial charge in [0, 0.05) is 18.3 Å². The van der Waals surface area contributed by atoms with Gasteiger partial charge in [0.1, 0.15) is 0 Å². The van der Waals surface area contributed by atoms with Crippen molar-refractivity contribution in [3.05, 3.63) is 29.3 Å². The summed E-state index contributed by atoms with van der Waals surface area (Å²) >= 11 is 0. The van der Waals surface area contributed by atoms with Crippen molar-refractivity contribution in [1.82, 2.24) is 0 Å². The van der Waals surface area contributed by atoms with Gasteiger partial charge in [0.25, 0.3) is 0 Å². The summed E-state index contributed by atoms with van der Waals surface area (Å²) in [6, 6.07) is 4.31. The molecule has 0 aliphatic carbocycles. The summed E-state index contributed by atoms with van der Waals surface area (Å²) in [5.74, 6) is 0. The molecule has 0 bridgehead atoms. The lowest BCUT2D eigenvalue weighted by molar-refractivity contribution is -0.138. The van der Waals surface area contributed by atoms with Gasteiger partial charge < -0.3 is 11.1 Å². The predicted octanol–water partition coefficient (Wildman–Crippen LogP) is 3.37. The highest BCUT2D eigenvalue weighted by Crippen LogP contribution is 2.33. The molecule has 0 aliphatic rings. The van der Waals surface area contributed by atoms with Gasteiger partial charge in [-0.15, -0.1) is 0 Å². The summed E-state index contributed by atoms with van der Waals surface area (Å²) in [6.45, 7) is 3.78. The van der Waals surface area contributed by atoms with Gasteiger partial charge in [-0.05, 0) is 31.0 Å². The molecular formula is C12H17F3N2. The summed E-state index contributed by atoms with van der Waals surface area (Å²) in [6.07, 6.45) is -3.51. The summed E-state index contributed by atoms with van der Waals surface area (Å²) in [7, 11) is 0. The van der Waals surface area contributed by atoms with E-state index in [1.54, 1.807) is 6.07 Å². The van der Waals surface area contributed by atoms with Crippen molar-refractivity contribution >= 4 is 5.69 Å². The number of nitrogens with one attached hydrogen (secondary N) is 1. The third-order valence-electron chi connectivity index (χ3n) is 2.66. The first kappa shape index (κ1) is 13.8. The van der Waals surface area contributed by atoms with Crippen LogP contribution >= 0.6 is 0 Å². The first-order valence-electron chi connectivity index (χ1n) is 5.55. The first-order chi connectivity index (χ1) is 7.88. The van der Waals surface area contributed by atoms with Gasteiger partial charge in [-0.3, -0.25) is 0 Å². The average molecular weight is 246 g/mol. The number of nitrogens with two attached hydrogens (primary N) is 1. The number of halogens is 3. The van der Waals surface area contributed by atoms with Gasteiger partial charge in [-0.2, -0.15) is 13.2 Å². The van der Waals surface area contributed by atoms with Crippen LogP contribution in [0.1, 0.15) is 31.4 Å². The second kappa shape index (κ2) is 5.40. The maximum atomic E-state index is 12.8. The Balaban J connectivity index is 3.05. The molecule has 0 heterocycles. The lowest BCUT2D eigenvalue weighted by atomic mass is 10.1. The Hall–Kier alpha value is -1.23. The van der Waals surface area contributed by atoms with Gasteiger partial charge >= 0.3 is 6.18 Å². The van der Waals surface area contributed by atoms with Crippen LogP contribution in [0.15, 0.2) is 18.2 Å². The zero-order valence-corrected chi connectivity index (χ0v) is 9.93. The van der Waals surface area contributed by atoms with Crippen molar-refractivity contribution < 1.29 is 13.2 Å². The van der Waals surface area contributed by atoms with Gasteiger partial charge in [0.2, 0.25) is 0 Å². The molecule has 0 saturated heterocycles. The fourth-order valence-electron chi connectivity index (χ4n) is 1.49. The van der Waals surface area contributed by atoms with Gasteiger partial charge in [0.05, 0.1) is 5.56 Å². The number of hydrogen-bond donors (Lipinski definition) is 2. The molecule has 0 amide bonds. The van der Waals surface area contributed by atoms with E-state index in [2.05, 4.69) is 5.32 Å². The number of hydrogen-bond acceptors (Lipinski definition) is 2. The Bertz CT molecular complexity index is 375. The average Bonchev–Trinajstić information content (AvgIpc) is 2.27. The third-order valence-corrected chi connectivity index (χ3v) is 2.66. The van der Waals surface area contributed by atoms with Crippen molar-refractivity contribution in [3.8, 4) is 0 Å². The van der Waals surface area contributed by atoms with E-state index in [-0.39, 0.29) is 18.2 Å². The highest BCUT2D eigenvalue weighted by atomic mass is 19.4. The largest absolute Gasteiger partial charge is 0.416 e. The van der Waals surface area contributed by atoms with Crippen LogP contribution in [0.25, 0.3) is 0 Å². The minimum absolute atomic E-state index is 0.113. The fraction of sp³-hybridized carbons (Fsp3) is 0.500. The van der Waals surface area contributed by atoms with Crippen LogP contribution in [0, 0.1) is 0 Å². The zero-order valence-electron chi connectivity index (χ0n) is 9.93. The minimum atomic E-state index is -4.36. The van der Waals surface area contributed by atoms with E-state index in [0.29, 0.717) is 5.69 Å². The predicted molar refractivity (Wildman–Crippen MR) is 62.7 cm³/mol. The highest BCUT2D eigenvalue weighted by molar-refractivity contribution is 5.50. The third kappa shape index (κ3) is 3.63. The second-order valence-electron chi connectivity index (χ2n) is 4.03. The topological polar surface area (TPSA) is 38.0 Å². The normalized spacial score (nSPS) is 13.5. The molecule has 1 rings (SSSR count). The molecule has 0 fully saturated rings. The quantitative estimate of drug-likeness (QED) is 0.854. The molecule has 1 atom stereocenters. The number of benzene rings is 1. The molecule has 0 radical (unpaired) electrons. The Morgan fingerprint density at radius 1 is 1.35 bits per heavy atom. The van der Waals surface area contributed by atoms with E-state index in [1.165, 1.54) is 6.07 Å². The van der Waals surface area contributed by atoms with Crippen molar-refractivity contribution in [2.24, 2.45) is 5.73 Å². The molecule has 1 aromatic rings. The maximum Gasteiger partial charge on any atom is 0.416 e. The van der Waals surface area contributed by atoms with Crippen LogP contribution in [0.3, 0.4) is 0 Å². The van der Waals surface area contributed by atoms with Crippen molar-refractivity contribution in [2.75, 3.05) is 5.32 Å². The summed E-state index contributed by atoms with van der Waals surface area (Å²) in [5, 5.41) is 3.01. The lowest BCUT2D eigenvalue weighted by Crippen LogP contribution is -2.16. The minimum Gasteiger partial charge on any atom is -0.383 e. The van der Waals surface area contributed by atoms with Crippen LogP contribution in [0.4, 0.5) is 18.9 Å². The summed E-state index contributed by atoms with van der Waals surface area (Å²) < 4.78 is 38.3. The number of alkyl halides is 3. The zero-order chi connectivity index (χ0) is 13.1. The second-order valence-corrected chi connectivity index (χ2v) is 4.03. The van der Waals surface area contributed by atoms with E-state index in [9.17, 15) is 13.2 Å². The van der Waals surface area contributed by atoms with E-state index in [4.69, 9.17) is 5.73 Å². The van der Waals surface area contributed by atoms with Crippen LogP contribution < -0.4 is 11.1 Å². The molecular weight excluding hydrogens is 229 g/mol. The molecule has 2 nitrogen and oxygen atoms in total. The Kier molecular flexibility index (Phi) is 4.40. The summed E-state index contributed by atoms with van der Waals surface area (Å²) in [4.78, 5) is 0. The van der Waals surface area contributed by atoms with Gasteiger partial charge in [-0.25, -0.2) is 0 Å². The molecule has 1 aromatic carbocycles.